The first-order valence-corrected chi connectivity index (χ1v) is 8.12. The number of nitrogens with one attached hydrogen (secondary N) is 1. The fourth-order valence-electron chi connectivity index (χ4n) is 2.51. The van der Waals surface area contributed by atoms with Gasteiger partial charge >= 0.3 is 11.8 Å². The number of anilines is 1. The molecule has 0 aromatic heterocycles. The molecule has 1 rings (SSSR count). The van der Waals surface area contributed by atoms with Crippen LogP contribution in [0, 0.1) is 6.92 Å². The molecule has 4 nitrogen and oxygen atoms in total. The Morgan fingerprint density at radius 1 is 1.14 bits per heavy atom. The molecule has 1 N–H and O–H groups in total. The Balaban J connectivity index is 2.94. The quantitative estimate of drug-likeness (QED) is 0.815. The van der Waals surface area contributed by atoms with Crippen molar-refractivity contribution in [3.05, 3.63) is 29.3 Å². The maximum atomic E-state index is 12.3. The topological polar surface area (TPSA) is 49.4 Å². The summed E-state index contributed by atoms with van der Waals surface area (Å²) in [4.78, 5) is 26.3. The molecular formula is C18H28N2O2. The molecule has 0 aliphatic carbocycles. The van der Waals surface area contributed by atoms with Crippen molar-refractivity contribution in [2.45, 2.75) is 53.4 Å². The molecule has 1 aromatic rings. The molecule has 0 unspecified atom stereocenters. The zero-order valence-electron chi connectivity index (χ0n) is 14.4. The number of benzene rings is 1. The van der Waals surface area contributed by atoms with Crippen molar-refractivity contribution in [1.29, 1.82) is 0 Å². The lowest BCUT2D eigenvalue weighted by Crippen LogP contribution is -2.40. The van der Waals surface area contributed by atoms with Crippen molar-refractivity contribution in [2.75, 3.05) is 18.4 Å². The second kappa shape index (κ2) is 8.57. The van der Waals surface area contributed by atoms with Crippen LogP contribution in [0.4, 0.5) is 5.69 Å². The molecule has 0 atom stereocenters. The second-order valence-electron chi connectivity index (χ2n) is 5.94. The van der Waals surface area contributed by atoms with E-state index in [1.165, 1.54) is 0 Å². The van der Waals surface area contributed by atoms with Crippen LogP contribution in [0.15, 0.2) is 18.2 Å². The van der Waals surface area contributed by atoms with E-state index in [0.717, 1.165) is 29.7 Å². The summed E-state index contributed by atoms with van der Waals surface area (Å²) in [5.41, 5.74) is 2.80. The Hall–Kier alpha value is -1.84. The SMILES string of the molecule is CCCN(CCC)C(=O)C(=O)Nc1c(C)cccc1C(C)C. The minimum absolute atomic E-state index is 0.285. The lowest BCUT2D eigenvalue weighted by atomic mass is 9.98. The molecule has 0 saturated heterocycles. The predicted molar refractivity (Wildman–Crippen MR) is 91.1 cm³/mol. The fraction of sp³-hybridized carbons (Fsp3) is 0.556. The number of hydrogen-bond acceptors (Lipinski definition) is 2. The molecule has 0 aliphatic rings. The number of hydrogen-bond donors (Lipinski definition) is 1. The number of nitrogens with zero attached hydrogens (tertiary/aromatic N) is 1. The number of para-hydroxylation sites is 1. The Bertz CT molecular complexity index is 518. The van der Waals surface area contributed by atoms with Gasteiger partial charge in [-0.15, -0.1) is 0 Å². The van der Waals surface area contributed by atoms with Gasteiger partial charge in [-0.3, -0.25) is 9.59 Å². The van der Waals surface area contributed by atoms with Crippen LogP contribution in [0.25, 0.3) is 0 Å². The van der Waals surface area contributed by atoms with Gasteiger partial charge in [0.05, 0.1) is 0 Å². The number of carbonyl (C=O) groups excluding carboxylic acids is 2. The highest BCUT2D eigenvalue weighted by Gasteiger charge is 2.22. The smallest absolute Gasteiger partial charge is 0.313 e. The zero-order valence-corrected chi connectivity index (χ0v) is 14.4. The molecule has 1 aromatic carbocycles. The van der Waals surface area contributed by atoms with Crippen LogP contribution in [0.3, 0.4) is 0 Å². The summed E-state index contributed by atoms with van der Waals surface area (Å²) in [6.07, 6.45) is 1.70. The summed E-state index contributed by atoms with van der Waals surface area (Å²) >= 11 is 0. The highest BCUT2D eigenvalue weighted by Crippen LogP contribution is 2.27. The summed E-state index contributed by atoms with van der Waals surface area (Å²) in [6, 6.07) is 5.91. The van der Waals surface area contributed by atoms with Gasteiger partial charge in [0.2, 0.25) is 0 Å². The van der Waals surface area contributed by atoms with Crippen LogP contribution >= 0.6 is 0 Å². The minimum Gasteiger partial charge on any atom is -0.334 e. The highest BCUT2D eigenvalue weighted by atomic mass is 16.2. The van der Waals surface area contributed by atoms with Crippen LogP contribution in [-0.2, 0) is 9.59 Å². The summed E-state index contributed by atoms with van der Waals surface area (Å²) in [6.45, 7) is 11.3. The Labute approximate surface area is 133 Å². The fourth-order valence-corrected chi connectivity index (χ4v) is 2.51. The molecule has 22 heavy (non-hydrogen) atoms. The molecule has 0 spiro atoms. The van der Waals surface area contributed by atoms with Crippen LogP contribution in [0.5, 0.6) is 0 Å². The van der Waals surface area contributed by atoms with Crippen LogP contribution in [0.2, 0.25) is 0 Å². The maximum Gasteiger partial charge on any atom is 0.313 e. The molecule has 0 saturated carbocycles. The molecule has 122 valence electrons. The van der Waals surface area contributed by atoms with Crippen LogP contribution in [0.1, 0.15) is 57.6 Å². The van der Waals surface area contributed by atoms with Crippen molar-refractivity contribution in [3.8, 4) is 0 Å². The summed E-state index contributed by atoms with van der Waals surface area (Å²) in [7, 11) is 0. The van der Waals surface area contributed by atoms with Gasteiger partial charge in [0.25, 0.3) is 0 Å². The van der Waals surface area contributed by atoms with Gasteiger partial charge in [-0.2, -0.15) is 0 Å². The molecule has 0 heterocycles. The average molecular weight is 304 g/mol. The van der Waals surface area contributed by atoms with E-state index >= 15 is 0 Å². The summed E-state index contributed by atoms with van der Waals surface area (Å²) in [5, 5.41) is 2.83. The highest BCUT2D eigenvalue weighted by molar-refractivity contribution is 6.39. The van der Waals surface area contributed by atoms with E-state index in [-0.39, 0.29) is 5.92 Å². The zero-order chi connectivity index (χ0) is 16.7. The first kappa shape index (κ1) is 18.2. The van der Waals surface area contributed by atoms with Gasteiger partial charge in [-0.05, 0) is 36.8 Å². The van der Waals surface area contributed by atoms with Crippen molar-refractivity contribution < 1.29 is 9.59 Å². The summed E-state index contributed by atoms with van der Waals surface area (Å²) in [5.74, 6) is -0.701. The maximum absolute atomic E-state index is 12.3. The van der Waals surface area contributed by atoms with Gasteiger partial charge in [-0.25, -0.2) is 0 Å². The first-order chi connectivity index (χ1) is 10.4. The molecular weight excluding hydrogens is 276 g/mol. The van der Waals surface area contributed by atoms with Crippen molar-refractivity contribution in [2.24, 2.45) is 0 Å². The predicted octanol–water partition coefficient (Wildman–Crippen LogP) is 3.71. The van der Waals surface area contributed by atoms with Crippen molar-refractivity contribution >= 4 is 17.5 Å². The molecule has 2 amide bonds. The third kappa shape index (κ3) is 4.58. The summed E-state index contributed by atoms with van der Waals surface area (Å²) < 4.78 is 0. The van der Waals surface area contributed by atoms with E-state index in [1.54, 1.807) is 4.90 Å². The lowest BCUT2D eigenvalue weighted by Gasteiger charge is -2.22. The molecule has 0 fully saturated rings. The van der Waals surface area contributed by atoms with Gasteiger partial charge in [0, 0.05) is 18.8 Å². The Morgan fingerprint density at radius 2 is 1.73 bits per heavy atom. The monoisotopic (exact) mass is 304 g/mol. The van der Waals surface area contributed by atoms with Crippen LogP contribution in [-0.4, -0.2) is 29.8 Å². The molecule has 4 heteroatoms. The number of rotatable bonds is 6. The van der Waals surface area contributed by atoms with E-state index in [9.17, 15) is 9.59 Å². The molecule has 0 radical (unpaired) electrons. The van der Waals surface area contributed by atoms with Crippen LogP contribution < -0.4 is 5.32 Å². The Morgan fingerprint density at radius 3 is 2.23 bits per heavy atom. The average Bonchev–Trinajstić information content (AvgIpc) is 2.48. The third-order valence-corrected chi connectivity index (χ3v) is 3.63. The van der Waals surface area contributed by atoms with Gasteiger partial charge in [-0.1, -0.05) is 45.9 Å². The van der Waals surface area contributed by atoms with E-state index in [4.69, 9.17) is 0 Å². The third-order valence-electron chi connectivity index (χ3n) is 3.63. The van der Waals surface area contributed by atoms with Crippen molar-refractivity contribution in [1.82, 2.24) is 4.90 Å². The van der Waals surface area contributed by atoms with E-state index in [2.05, 4.69) is 19.2 Å². The number of amides is 2. The largest absolute Gasteiger partial charge is 0.334 e. The second-order valence-corrected chi connectivity index (χ2v) is 5.94. The Kier molecular flexibility index (Phi) is 7.09. The molecule has 0 bridgehead atoms. The van der Waals surface area contributed by atoms with Gasteiger partial charge in [0.15, 0.2) is 0 Å². The van der Waals surface area contributed by atoms with Gasteiger partial charge < -0.3 is 10.2 Å². The van der Waals surface area contributed by atoms with E-state index < -0.39 is 11.8 Å². The van der Waals surface area contributed by atoms with E-state index in [1.807, 2.05) is 39.0 Å². The number of carbonyl (C=O) groups is 2. The standard InChI is InChI=1S/C18H28N2O2/c1-6-11-20(12-7-2)18(22)17(21)19-16-14(5)9-8-10-15(16)13(3)4/h8-10,13H,6-7,11-12H2,1-5H3,(H,19,21). The van der Waals surface area contributed by atoms with Gasteiger partial charge in [0.1, 0.15) is 0 Å². The first-order valence-electron chi connectivity index (χ1n) is 8.12. The minimum atomic E-state index is -0.543. The number of aryl methyl sites for hydroxylation is 1. The lowest BCUT2D eigenvalue weighted by molar-refractivity contribution is -0.143. The normalized spacial score (nSPS) is 10.6. The van der Waals surface area contributed by atoms with E-state index in [0.29, 0.717) is 13.1 Å². The molecule has 0 aliphatic heterocycles. The van der Waals surface area contributed by atoms with Crippen molar-refractivity contribution in [3.63, 3.8) is 0 Å².